The van der Waals surface area contributed by atoms with E-state index in [4.69, 9.17) is 0 Å². The van der Waals surface area contributed by atoms with Gasteiger partial charge in [-0.3, -0.25) is 0 Å². The monoisotopic (exact) mass is 360 g/mol. The molecule has 2 unspecified atom stereocenters. The summed E-state index contributed by atoms with van der Waals surface area (Å²) in [5.41, 5.74) is 2.10. The molecule has 0 amide bonds. The maximum absolute atomic E-state index is 13.1. The molecule has 1 saturated heterocycles. The first-order valence-electron chi connectivity index (χ1n) is 8.59. The number of sulfone groups is 1. The lowest BCUT2D eigenvalue weighted by Crippen LogP contribution is -2.28. The zero-order chi connectivity index (χ0) is 17.6. The fourth-order valence-electron chi connectivity index (χ4n) is 3.94. The molecule has 2 heterocycles. The van der Waals surface area contributed by atoms with Crippen LogP contribution in [0.4, 0.5) is 10.1 Å². The second-order valence-corrected chi connectivity index (χ2v) is 8.89. The Morgan fingerprint density at radius 2 is 1.80 bits per heavy atom. The second kappa shape index (κ2) is 6.11. The predicted octanol–water partition coefficient (Wildman–Crippen LogP) is 3.31. The van der Waals surface area contributed by atoms with E-state index in [-0.39, 0.29) is 9.79 Å². The highest BCUT2D eigenvalue weighted by atomic mass is 32.2. The third kappa shape index (κ3) is 2.93. The average molecular weight is 360 g/mol. The minimum absolute atomic E-state index is 0.118. The third-order valence-corrected chi connectivity index (χ3v) is 7.01. The molecule has 2 aliphatic heterocycles. The molecule has 0 aliphatic carbocycles. The van der Waals surface area contributed by atoms with Gasteiger partial charge in [-0.1, -0.05) is 0 Å². The molecule has 2 N–H and O–H groups in total. The van der Waals surface area contributed by atoms with Gasteiger partial charge in [0.25, 0.3) is 0 Å². The van der Waals surface area contributed by atoms with Gasteiger partial charge >= 0.3 is 0 Å². The SMILES string of the molecule is CC1CC2Nc3ccc(S(=O)(=O)c4ccc(F)cc4)cc3[C@H]2CCN1. The van der Waals surface area contributed by atoms with Crippen molar-refractivity contribution >= 4 is 15.5 Å². The van der Waals surface area contributed by atoms with E-state index >= 15 is 0 Å². The molecule has 0 saturated carbocycles. The van der Waals surface area contributed by atoms with Crippen molar-refractivity contribution in [1.82, 2.24) is 5.32 Å². The Bertz CT molecular complexity index is 896. The minimum atomic E-state index is -3.65. The smallest absolute Gasteiger partial charge is 0.206 e. The van der Waals surface area contributed by atoms with Crippen molar-refractivity contribution in [2.75, 3.05) is 11.9 Å². The van der Waals surface area contributed by atoms with E-state index in [2.05, 4.69) is 17.6 Å². The predicted molar refractivity (Wildman–Crippen MR) is 95.1 cm³/mol. The van der Waals surface area contributed by atoms with Gasteiger partial charge in [0.1, 0.15) is 5.82 Å². The summed E-state index contributed by atoms with van der Waals surface area (Å²) in [5, 5.41) is 7.03. The molecular formula is C19H21FN2O2S. The lowest BCUT2D eigenvalue weighted by atomic mass is 9.90. The van der Waals surface area contributed by atoms with Gasteiger partial charge in [0, 0.05) is 23.7 Å². The van der Waals surface area contributed by atoms with E-state index in [0.717, 1.165) is 30.6 Å². The summed E-state index contributed by atoms with van der Waals surface area (Å²) in [7, 11) is -3.65. The van der Waals surface area contributed by atoms with E-state index in [1.165, 1.54) is 24.3 Å². The van der Waals surface area contributed by atoms with Crippen LogP contribution < -0.4 is 10.6 Å². The largest absolute Gasteiger partial charge is 0.381 e. The van der Waals surface area contributed by atoms with Crippen LogP contribution >= 0.6 is 0 Å². The van der Waals surface area contributed by atoms with Crippen LogP contribution in [0.5, 0.6) is 0 Å². The van der Waals surface area contributed by atoms with Gasteiger partial charge in [-0.25, -0.2) is 12.8 Å². The molecule has 3 atom stereocenters. The highest BCUT2D eigenvalue weighted by Gasteiger charge is 2.35. The molecule has 4 nitrogen and oxygen atoms in total. The van der Waals surface area contributed by atoms with Gasteiger partial charge in [-0.2, -0.15) is 0 Å². The van der Waals surface area contributed by atoms with E-state index in [1.807, 2.05) is 6.07 Å². The molecule has 2 aliphatic rings. The first-order chi connectivity index (χ1) is 11.9. The molecule has 2 aromatic carbocycles. The van der Waals surface area contributed by atoms with Crippen LogP contribution in [0.15, 0.2) is 52.3 Å². The van der Waals surface area contributed by atoms with Crippen molar-refractivity contribution in [2.45, 2.75) is 47.6 Å². The summed E-state index contributed by atoms with van der Waals surface area (Å²) in [4.78, 5) is 0.387. The molecule has 6 heteroatoms. The van der Waals surface area contributed by atoms with Crippen LogP contribution in [-0.2, 0) is 9.84 Å². The molecule has 1 fully saturated rings. The Hall–Kier alpha value is -1.92. The minimum Gasteiger partial charge on any atom is -0.381 e. The van der Waals surface area contributed by atoms with E-state index in [0.29, 0.717) is 18.0 Å². The van der Waals surface area contributed by atoms with Crippen LogP contribution in [0, 0.1) is 5.82 Å². The van der Waals surface area contributed by atoms with Gasteiger partial charge in [0.05, 0.1) is 9.79 Å². The quantitative estimate of drug-likeness (QED) is 0.807. The van der Waals surface area contributed by atoms with E-state index in [1.54, 1.807) is 12.1 Å². The van der Waals surface area contributed by atoms with Crippen molar-refractivity contribution < 1.29 is 12.8 Å². The molecule has 2 aromatic rings. The topological polar surface area (TPSA) is 58.2 Å². The van der Waals surface area contributed by atoms with Crippen LogP contribution in [0.25, 0.3) is 0 Å². The molecule has 0 bridgehead atoms. The first kappa shape index (κ1) is 16.5. The van der Waals surface area contributed by atoms with Gasteiger partial charge < -0.3 is 10.6 Å². The Morgan fingerprint density at radius 1 is 1.08 bits per heavy atom. The van der Waals surface area contributed by atoms with Crippen molar-refractivity contribution in [1.29, 1.82) is 0 Å². The third-order valence-electron chi connectivity index (χ3n) is 5.24. The van der Waals surface area contributed by atoms with Crippen LogP contribution in [0.3, 0.4) is 0 Å². The molecule has 0 aromatic heterocycles. The number of anilines is 1. The molecule has 0 radical (unpaired) electrons. The standard InChI is InChI=1S/C19H21FN2O2S/c1-12-10-19-16(8-9-21-12)17-11-15(6-7-18(17)22-19)25(23,24)14-4-2-13(20)3-5-14/h2-7,11-12,16,19,21-22H,8-10H2,1H3/t12?,16-,19?/m1/s1. The summed E-state index contributed by atoms with van der Waals surface area (Å²) in [5.74, 6) is -0.129. The van der Waals surface area contributed by atoms with Gasteiger partial charge in [-0.05, 0) is 74.3 Å². The number of nitrogens with one attached hydrogen (secondary N) is 2. The zero-order valence-electron chi connectivity index (χ0n) is 14.0. The van der Waals surface area contributed by atoms with Crippen molar-refractivity contribution in [3.63, 3.8) is 0 Å². The number of benzene rings is 2. The Balaban J connectivity index is 1.72. The summed E-state index contributed by atoms with van der Waals surface area (Å²) >= 11 is 0. The van der Waals surface area contributed by atoms with E-state index < -0.39 is 15.7 Å². The van der Waals surface area contributed by atoms with Crippen LogP contribution in [0.2, 0.25) is 0 Å². The summed E-state index contributed by atoms with van der Waals surface area (Å²) in [6.45, 7) is 3.11. The zero-order valence-corrected chi connectivity index (χ0v) is 14.8. The second-order valence-electron chi connectivity index (χ2n) is 6.94. The Morgan fingerprint density at radius 3 is 2.56 bits per heavy atom. The average Bonchev–Trinajstić information content (AvgIpc) is 2.80. The number of rotatable bonds is 2. The summed E-state index contributed by atoms with van der Waals surface area (Å²) in [6, 6.07) is 11.1. The van der Waals surface area contributed by atoms with Gasteiger partial charge in [0.15, 0.2) is 0 Å². The number of halogens is 1. The molecule has 132 valence electrons. The number of fused-ring (bicyclic) bond motifs is 3. The van der Waals surface area contributed by atoms with Crippen molar-refractivity contribution in [3.05, 3.63) is 53.8 Å². The maximum atomic E-state index is 13.1. The van der Waals surface area contributed by atoms with E-state index in [9.17, 15) is 12.8 Å². The van der Waals surface area contributed by atoms with Crippen LogP contribution in [0.1, 0.15) is 31.2 Å². The maximum Gasteiger partial charge on any atom is 0.206 e. The molecule has 4 rings (SSSR count). The lowest BCUT2D eigenvalue weighted by molar-refractivity contribution is 0.521. The fourth-order valence-corrected chi connectivity index (χ4v) is 5.24. The van der Waals surface area contributed by atoms with Crippen molar-refractivity contribution in [2.24, 2.45) is 0 Å². The molecule has 25 heavy (non-hydrogen) atoms. The highest BCUT2D eigenvalue weighted by molar-refractivity contribution is 7.91. The first-order valence-corrected chi connectivity index (χ1v) is 10.1. The molecular weight excluding hydrogens is 339 g/mol. The fraction of sp³-hybridized carbons (Fsp3) is 0.368. The Kier molecular flexibility index (Phi) is 4.04. The molecule has 0 spiro atoms. The Labute approximate surface area is 147 Å². The van der Waals surface area contributed by atoms with Gasteiger partial charge in [0.2, 0.25) is 9.84 Å². The summed E-state index contributed by atoms with van der Waals surface area (Å²) in [6.07, 6.45) is 1.99. The van der Waals surface area contributed by atoms with Crippen LogP contribution in [-0.4, -0.2) is 27.0 Å². The highest BCUT2D eigenvalue weighted by Crippen LogP contribution is 2.42. The number of hydrogen-bond donors (Lipinski definition) is 2. The summed E-state index contributed by atoms with van der Waals surface area (Å²) < 4.78 is 38.8. The normalized spacial score (nSPS) is 25.6. The van der Waals surface area contributed by atoms with Crippen molar-refractivity contribution in [3.8, 4) is 0 Å². The number of hydrogen-bond acceptors (Lipinski definition) is 4. The lowest BCUT2D eigenvalue weighted by Gasteiger charge is -2.18. The van der Waals surface area contributed by atoms with Gasteiger partial charge in [-0.15, -0.1) is 0 Å².